The van der Waals surface area contributed by atoms with Crippen LogP contribution in [0.25, 0.3) is 0 Å². The van der Waals surface area contributed by atoms with Crippen LogP contribution < -0.4 is 14.5 Å². The lowest BCUT2D eigenvalue weighted by Crippen LogP contribution is -2.43. The molecule has 2 aliphatic heterocycles. The Morgan fingerprint density at radius 1 is 1.06 bits per heavy atom. The molecule has 180 valence electrons. The summed E-state index contributed by atoms with van der Waals surface area (Å²) in [5, 5.41) is 0. The molecule has 0 N–H and O–H groups in total. The van der Waals surface area contributed by atoms with Crippen molar-refractivity contribution in [1.82, 2.24) is 4.98 Å². The topological polar surface area (TPSA) is 37.8 Å². The number of hydrogen-bond acceptors (Lipinski definition) is 5. The third kappa shape index (κ3) is 5.54. The normalized spacial score (nSPS) is 22.0. The Labute approximate surface area is 193 Å². The summed E-state index contributed by atoms with van der Waals surface area (Å²) in [6.45, 7) is 10.8. The van der Waals surface area contributed by atoms with Gasteiger partial charge in [0.25, 0.3) is 0 Å². The van der Waals surface area contributed by atoms with E-state index < -0.39 is 17.3 Å². The molecule has 1 unspecified atom stereocenters. The van der Waals surface area contributed by atoms with Crippen molar-refractivity contribution < 1.29 is 22.6 Å². The number of nitrogens with zero attached hydrogens (tertiary/aromatic N) is 3. The van der Waals surface area contributed by atoms with Crippen LogP contribution in [0.5, 0.6) is 5.88 Å². The first kappa shape index (κ1) is 23.7. The van der Waals surface area contributed by atoms with Crippen molar-refractivity contribution in [2.24, 2.45) is 0 Å². The van der Waals surface area contributed by atoms with Crippen LogP contribution in [0.1, 0.15) is 57.7 Å². The zero-order valence-corrected chi connectivity index (χ0v) is 19.7. The van der Waals surface area contributed by atoms with E-state index in [4.69, 9.17) is 14.5 Å². The maximum atomic E-state index is 13.3. The Balaban J connectivity index is 1.72. The van der Waals surface area contributed by atoms with Gasteiger partial charge in [-0.2, -0.15) is 18.2 Å². The summed E-state index contributed by atoms with van der Waals surface area (Å²) in [5.74, 6) is 1.24. The van der Waals surface area contributed by atoms with Crippen molar-refractivity contribution in [2.45, 2.75) is 64.4 Å². The summed E-state index contributed by atoms with van der Waals surface area (Å²) < 4.78 is 51.7. The molecular formula is C25H32F3N3O2. The molecule has 2 fully saturated rings. The third-order valence-corrected chi connectivity index (χ3v) is 6.03. The largest absolute Gasteiger partial charge is 0.472 e. The van der Waals surface area contributed by atoms with E-state index >= 15 is 0 Å². The van der Waals surface area contributed by atoms with Gasteiger partial charge in [-0.05, 0) is 58.2 Å². The van der Waals surface area contributed by atoms with Gasteiger partial charge in [0.2, 0.25) is 5.88 Å². The van der Waals surface area contributed by atoms with Gasteiger partial charge in [0.05, 0.1) is 24.8 Å². The third-order valence-electron chi connectivity index (χ3n) is 6.03. The summed E-state index contributed by atoms with van der Waals surface area (Å²) >= 11 is 0. The van der Waals surface area contributed by atoms with Gasteiger partial charge >= 0.3 is 6.18 Å². The summed E-state index contributed by atoms with van der Waals surface area (Å²) in [5.41, 5.74) is 0.607. The van der Waals surface area contributed by atoms with E-state index in [0.29, 0.717) is 24.7 Å². The van der Waals surface area contributed by atoms with E-state index in [-0.39, 0.29) is 12.1 Å². The summed E-state index contributed by atoms with van der Waals surface area (Å²) in [6, 6.07) is 9.67. The fraction of sp³-hybridized carbons (Fsp3) is 0.560. The Hall–Kier alpha value is -2.48. The molecule has 0 saturated carbocycles. The van der Waals surface area contributed by atoms with E-state index in [1.54, 1.807) is 6.07 Å². The lowest BCUT2D eigenvalue weighted by Gasteiger charge is -2.36. The van der Waals surface area contributed by atoms with Crippen LogP contribution in [0, 0.1) is 0 Å². The van der Waals surface area contributed by atoms with Gasteiger partial charge in [0, 0.05) is 37.0 Å². The molecule has 0 spiro atoms. The lowest BCUT2D eigenvalue weighted by atomic mass is 10.0. The van der Waals surface area contributed by atoms with Gasteiger partial charge in [-0.3, -0.25) is 0 Å². The van der Waals surface area contributed by atoms with Crippen molar-refractivity contribution in [1.29, 1.82) is 0 Å². The molecule has 3 heterocycles. The highest BCUT2D eigenvalue weighted by molar-refractivity contribution is 5.60. The van der Waals surface area contributed by atoms with Gasteiger partial charge in [0.1, 0.15) is 11.4 Å². The summed E-state index contributed by atoms with van der Waals surface area (Å²) in [7, 11) is 0. The number of morpholine rings is 1. The minimum Gasteiger partial charge on any atom is -0.472 e. The SMILES string of the molecule is C[C@@H]1COCCN1c1cc(OC(C)(C)C)nc(N2CCCC2c2cccc(C(F)(F)F)c2)c1. The molecule has 5 nitrogen and oxygen atoms in total. The lowest BCUT2D eigenvalue weighted by molar-refractivity contribution is -0.137. The molecular weight excluding hydrogens is 431 g/mol. The highest BCUT2D eigenvalue weighted by Crippen LogP contribution is 2.40. The Morgan fingerprint density at radius 3 is 2.55 bits per heavy atom. The first-order valence-corrected chi connectivity index (χ1v) is 11.5. The number of rotatable bonds is 4. The van der Waals surface area contributed by atoms with Crippen LogP contribution in [0.4, 0.5) is 24.7 Å². The maximum Gasteiger partial charge on any atom is 0.416 e. The smallest absolute Gasteiger partial charge is 0.416 e. The van der Waals surface area contributed by atoms with E-state index in [2.05, 4.69) is 16.7 Å². The van der Waals surface area contributed by atoms with Crippen LogP contribution in [-0.4, -0.2) is 42.9 Å². The number of aromatic nitrogens is 1. The van der Waals surface area contributed by atoms with Crippen molar-refractivity contribution in [3.8, 4) is 5.88 Å². The molecule has 2 atom stereocenters. The van der Waals surface area contributed by atoms with Crippen molar-refractivity contribution in [3.05, 3.63) is 47.5 Å². The molecule has 2 saturated heterocycles. The number of alkyl halides is 3. The number of pyridine rings is 1. The standard InChI is InChI=1S/C25H32F3N3O2/c1-17-16-32-12-11-30(17)20-14-22(29-23(15-20)33-24(2,3)4)31-10-6-9-21(31)18-7-5-8-19(13-18)25(26,27)28/h5,7-8,13-15,17,21H,6,9-12,16H2,1-4H3/t17-,21?/m1/s1. The average Bonchev–Trinajstić information content (AvgIpc) is 3.22. The average molecular weight is 464 g/mol. The van der Waals surface area contributed by atoms with Gasteiger partial charge in [-0.1, -0.05) is 12.1 Å². The number of ether oxygens (including phenoxy) is 2. The Kier molecular flexibility index (Phi) is 6.49. The molecule has 0 bridgehead atoms. The Morgan fingerprint density at radius 2 is 1.85 bits per heavy atom. The zero-order chi connectivity index (χ0) is 23.8. The molecule has 1 aromatic heterocycles. The van der Waals surface area contributed by atoms with Gasteiger partial charge in [0.15, 0.2) is 0 Å². The molecule has 0 radical (unpaired) electrons. The van der Waals surface area contributed by atoms with Crippen molar-refractivity contribution in [3.63, 3.8) is 0 Å². The number of anilines is 2. The van der Waals surface area contributed by atoms with Crippen LogP contribution >= 0.6 is 0 Å². The van der Waals surface area contributed by atoms with Crippen LogP contribution in [0.15, 0.2) is 36.4 Å². The van der Waals surface area contributed by atoms with E-state index in [9.17, 15) is 13.2 Å². The van der Waals surface area contributed by atoms with Crippen LogP contribution in [0.3, 0.4) is 0 Å². The van der Waals surface area contributed by atoms with E-state index in [1.807, 2.05) is 32.9 Å². The second-order valence-electron chi connectivity index (χ2n) is 9.83. The van der Waals surface area contributed by atoms with E-state index in [1.165, 1.54) is 12.1 Å². The molecule has 33 heavy (non-hydrogen) atoms. The second kappa shape index (κ2) is 9.05. The van der Waals surface area contributed by atoms with E-state index in [0.717, 1.165) is 43.5 Å². The first-order valence-electron chi connectivity index (χ1n) is 11.5. The molecule has 2 aliphatic rings. The molecule has 4 rings (SSSR count). The van der Waals surface area contributed by atoms with Crippen LogP contribution in [0.2, 0.25) is 0 Å². The number of benzene rings is 1. The highest BCUT2D eigenvalue weighted by atomic mass is 19.4. The van der Waals surface area contributed by atoms with Crippen LogP contribution in [-0.2, 0) is 10.9 Å². The number of hydrogen-bond donors (Lipinski definition) is 0. The minimum atomic E-state index is -4.36. The highest BCUT2D eigenvalue weighted by Gasteiger charge is 2.34. The van der Waals surface area contributed by atoms with Crippen molar-refractivity contribution in [2.75, 3.05) is 36.1 Å². The first-order chi connectivity index (χ1) is 15.5. The predicted molar refractivity (Wildman–Crippen MR) is 123 cm³/mol. The minimum absolute atomic E-state index is 0.167. The fourth-order valence-corrected chi connectivity index (χ4v) is 4.58. The van der Waals surface area contributed by atoms with Crippen molar-refractivity contribution >= 4 is 11.5 Å². The summed E-state index contributed by atoms with van der Waals surface area (Å²) in [6.07, 6.45) is -2.70. The number of halogens is 3. The molecule has 8 heteroatoms. The maximum absolute atomic E-state index is 13.3. The summed E-state index contributed by atoms with van der Waals surface area (Å²) in [4.78, 5) is 9.18. The molecule has 0 amide bonds. The molecule has 2 aromatic rings. The van der Waals surface area contributed by atoms with Gasteiger partial charge in [-0.15, -0.1) is 0 Å². The molecule has 0 aliphatic carbocycles. The quantitative estimate of drug-likeness (QED) is 0.569. The monoisotopic (exact) mass is 463 g/mol. The van der Waals surface area contributed by atoms with Gasteiger partial charge in [-0.25, -0.2) is 0 Å². The molecule has 1 aromatic carbocycles. The predicted octanol–water partition coefficient (Wildman–Crippen LogP) is 5.84. The fourth-order valence-electron chi connectivity index (χ4n) is 4.58. The zero-order valence-electron chi connectivity index (χ0n) is 19.7. The Bertz CT molecular complexity index is 974. The second-order valence-corrected chi connectivity index (χ2v) is 9.83. The van der Waals surface area contributed by atoms with Gasteiger partial charge < -0.3 is 19.3 Å².